The minimum absolute atomic E-state index is 0.0356. The van der Waals surface area contributed by atoms with E-state index < -0.39 is 4.92 Å². The van der Waals surface area contributed by atoms with Crippen LogP contribution in [0.3, 0.4) is 0 Å². The van der Waals surface area contributed by atoms with Gasteiger partial charge in [0.25, 0.3) is 5.69 Å². The molecule has 0 aromatic heterocycles. The van der Waals surface area contributed by atoms with Crippen LogP contribution in [0, 0.1) is 15.0 Å². The average molecular weight is 231 g/mol. The molecule has 6 nitrogen and oxygen atoms in total. The topological polar surface area (TPSA) is 84.9 Å². The van der Waals surface area contributed by atoms with Gasteiger partial charge >= 0.3 is 0 Å². The molecule has 17 heavy (non-hydrogen) atoms. The van der Waals surface area contributed by atoms with Crippen molar-refractivity contribution in [3.05, 3.63) is 56.7 Å². The molecule has 0 unspecified atom stereocenters. The van der Waals surface area contributed by atoms with Crippen molar-refractivity contribution in [3.8, 4) is 0 Å². The molecule has 2 rings (SSSR count). The van der Waals surface area contributed by atoms with Crippen molar-refractivity contribution < 1.29 is 4.92 Å². The van der Waals surface area contributed by atoms with E-state index >= 15 is 0 Å². The second-order valence-corrected chi connectivity index (χ2v) is 3.59. The van der Waals surface area contributed by atoms with Crippen LogP contribution in [0.2, 0.25) is 0 Å². The quantitative estimate of drug-likeness (QED) is 0.455. The van der Waals surface area contributed by atoms with Crippen LogP contribution in [0.5, 0.6) is 0 Å². The van der Waals surface area contributed by atoms with Crippen molar-refractivity contribution in [2.45, 2.75) is 12.8 Å². The number of nitro benzene ring substituents is 1. The molecule has 1 aliphatic rings. The molecule has 6 heteroatoms. The first-order valence-corrected chi connectivity index (χ1v) is 5.04. The Balaban J connectivity index is 2.32. The lowest BCUT2D eigenvalue weighted by atomic mass is 10.0. The molecule has 1 heterocycles. The summed E-state index contributed by atoms with van der Waals surface area (Å²) in [6.45, 7) is 0. The van der Waals surface area contributed by atoms with Crippen LogP contribution >= 0.6 is 0 Å². The van der Waals surface area contributed by atoms with Crippen molar-refractivity contribution in [2.24, 2.45) is 10.2 Å². The number of benzene rings is 1. The first-order valence-electron chi connectivity index (χ1n) is 5.04. The smallest absolute Gasteiger partial charge is 0.259 e. The highest BCUT2D eigenvalue weighted by atomic mass is 16.6. The van der Waals surface area contributed by atoms with Crippen LogP contribution in [-0.2, 0) is 0 Å². The van der Waals surface area contributed by atoms with E-state index in [1.165, 1.54) is 18.3 Å². The molecule has 0 spiro atoms. The third-order valence-electron chi connectivity index (χ3n) is 2.49. The Morgan fingerprint density at radius 2 is 2.18 bits per heavy atom. The molecule has 86 valence electrons. The number of nitro groups is 1. The number of aliphatic imine (C=N–C) groups is 1. The minimum Gasteiger partial charge on any atom is -0.259 e. The maximum atomic E-state index is 10.6. The zero-order chi connectivity index (χ0) is 12.3. The van der Waals surface area contributed by atoms with Crippen LogP contribution in [-0.4, -0.2) is 10.6 Å². The molecule has 0 radical (unpaired) electrons. The maximum absolute atomic E-state index is 10.6. The number of hydrogen-bond acceptors (Lipinski definition) is 5. The highest BCUT2D eigenvalue weighted by Crippen LogP contribution is 2.20. The van der Waals surface area contributed by atoms with Gasteiger partial charge in [0.1, 0.15) is 5.70 Å². The van der Waals surface area contributed by atoms with Crippen molar-refractivity contribution in [2.75, 3.05) is 0 Å². The van der Waals surface area contributed by atoms with Gasteiger partial charge in [-0.2, -0.15) is 0 Å². The van der Waals surface area contributed by atoms with Gasteiger partial charge < -0.3 is 0 Å². The molecule has 0 amide bonds. The highest BCUT2D eigenvalue weighted by molar-refractivity contribution is 6.02. The summed E-state index contributed by atoms with van der Waals surface area (Å²) in [6.07, 6.45) is 2.49. The Bertz CT molecular complexity index is 535. The molecule has 0 saturated heterocycles. The van der Waals surface area contributed by atoms with E-state index in [0.717, 1.165) is 5.71 Å². The lowest BCUT2D eigenvalue weighted by Crippen LogP contribution is -2.05. The van der Waals surface area contributed by atoms with Crippen molar-refractivity contribution >= 4 is 11.4 Å². The van der Waals surface area contributed by atoms with Gasteiger partial charge in [-0.3, -0.25) is 15.1 Å². The fraction of sp³-hybridized carbons (Fsp3) is 0.182. The van der Waals surface area contributed by atoms with Gasteiger partial charge in [-0.25, -0.2) is 0 Å². The summed E-state index contributed by atoms with van der Waals surface area (Å²) in [6, 6.07) is 6.29. The van der Waals surface area contributed by atoms with Crippen LogP contribution in [0.25, 0.3) is 0 Å². The van der Waals surface area contributed by atoms with E-state index in [-0.39, 0.29) is 5.69 Å². The van der Waals surface area contributed by atoms with Gasteiger partial charge in [0, 0.05) is 29.8 Å². The standard InChI is InChI=1S/C11H9N3O3/c15-13-9-4-5-11(12-7-9)8-2-1-3-10(6-8)14(16)17/h1-3,6-7H,4-5H2. The summed E-state index contributed by atoms with van der Waals surface area (Å²) < 4.78 is 0. The second-order valence-electron chi connectivity index (χ2n) is 3.59. The largest absolute Gasteiger partial charge is 0.270 e. The van der Waals surface area contributed by atoms with Crippen molar-refractivity contribution in [3.63, 3.8) is 0 Å². The summed E-state index contributed by atoms with van der Waals surface area (Å²) >= 11 is 0. The minimum atomic E-state index is -0.443. The fourth-order valence-corrected chi connectivity index (χ4v) is 1.62. The Morgan fingerprint density at radius 3 is 2.76 bits per heavy atom. The molecule has 1 aromatic carbocycles. The van der Waals surface area contributed by atoms with E-state index in [9.17, 15) is 15.0 Å². The molecule has 0 bridgehead atoms. The van der Waals surface area contributed by atoms with E-state index in [4.69, 9.17) is 0 Å². The molecular weight excluding hydrogens is 222 g/mol. The number of nitroso groups, excluding NO2 is 1. The zero-order valence-corrected chi connectivity index (χ0v) is 8.87. The second kappa shape index (κ2) is 4.65. The Hall–Kier alpha value is -2.37. The highest BCUT2D eigenvalue weighted by Gasteiger charge is 2.13. The summed E-state index contributed by atoms with van der Waals surface area (Å²) in [5.74, 6) is 0. The Kier molecular flexibility index (Phi) is 3.04. The van der Waals surface area contributed by atoms with E-state index in [1.807, 2.05) is 0 Å². The third kappa shape index (κ3) is 2.41. The monoisotopic (exact) mass is 231 g/mol. The molecular formula is C11H9N3O3. The number of rotatable bonds is 3. The van der Waals surface area contributed by atoms with Crippen molar-refractivity contribution in [1.82, 2.24) is 0 Å². The molecule has 0 N–H and O–H groups in total. The molecule has 0 saturated carbocycles. The van der Waals surface area contributed by atoms with E-state index in [2.05, 4.69) is 10.2 Å². The fourth-order valence-electron chi connectivity index (χ4n) is 1.62. The number of non-ortho nitro benzene ring substituents is 1. The molecule has 1 aromatic rings. The predicted molar refractivity (Wildman–Crippen MR) is 62.7 cm³/mol. The first-order chi connectivity index (χ1) is 8.20. The Morgan fingerprint density at radius 1 is 1.35 bits per heavy atom. The predicted octanol–water partition coefficient (Wildman–Crippen LogP) is 2.79. The first kappa shape index (κ1) is 11.1. The SMILES string of the molecule is O=NC1=CN=C(c2cccc([N+](=O)[O-])c2)CC1. The third-order valence-corrected chi connectivity index (χ3v) is 2.49. The molecule has 0 atom stereocenters. The van der Waals surface area contributed by atoms with Gasteiger partial charge in [0.2, 0.25) is 0 Å². The van der Waals surface area contributed by atoms with Crippen molar-refractivity contribution in [1.29, 1.82) is 0 Å². The van der Waals surface area contributed by atoms with Gasteiger partial charge in [-0.15, -0.1) is 4.91 Å². The number of hydrogen-bond donors (Lipinski definition) is 0. The van der Waals surface area contributed by atoms with E-state index in [0.29, 0.717) is 24.1 Å². The zero-order valence-electron chi connectivity index (χ0n) is 8.87. The number of nitrogens with zero attached hydrogens (tertiary/aromatic N) is 3. The lowest BCUT2D eigenvalue weighted by molar-refractivity contribution is -0.384. The summed E-state index contributed by atoms with van der Waals surface area (Å²) in [5.41, 5.74) is 1.88. The summed E-state index contributed by atoms with van der Waals surface area (Å²) in [4.78, 5) is 24.5. The van der Waals surface area contributed by atoms with Crippen LogP contribution < -0.4 is 0 Å². The summed E-state index contributed by atoms with van der Waals surface area (Å²) in [7, 11) is 0. The van der Waals surface area contributed by atoms with Gasteiger partial charge in [0.15, 0.2) is 0 Å². The molecule has 1 aliphatic heterocycles. The van der Waals surface area contributed by atoms with Crippen LogP contribution in [0.1, 0.15) is 18.4 Å². The molecule has 0 aliphatic carbocycles. The van der Waals surface area contributed by atoms with Crippen LogP contribution in [0.15, 0.2) is 46.3 Å². The lowest BCUT2D eigenvalue weighted by Gasteiger charge is -2.09. The van der Waals surface area contributed by atoms with E-state index in [1.54, 1.807) is 12.1 Å². The van der Waals surface area contributed by atoms with Gasteiger partial charge in [-0.1, -0.05) is 12.1 Å². The normalized spacial score (nSPS) is 14.8. The Labute approximate surface area is 96.8 Å². The van der Waals surface area contributed by atoms with Crippen LogP contribution in [0.4, 0.5) is 5.69 Å². The molecule has 0 fully saturated rings. The summed E-state index contributed by atoms with van der Waals surface area (Å²) in [5, 5.41) is 13.4. The van der Waals surface area contributed by atoms with Gasteiger partial charge in [-0.05, 0) is 11.6 Å². The average Bonchev–Trinajstić information content (AvgIpc) is 2.39. The van der Waals surface area contributed by atoms with Gasteiger partial charge in [0.05, 0.1) is 11.1 Å². The number of allylic oxidation sites excluding steroid dienone is 1. The maximum Gasteiger partial charge on any atom is 0.270 e.